The van der Waals surface area contributed by atoms with Gasteiger partial charge >= 0.3 is 5.97 Å². The number of Topliss-reactive ketones (excluding diaryl/α,β-unsaturated/α-hetero) is 1. The quantitative estimate of drug-likeness (QED) is 0.677. The fourth-order valence-electron chi connectivity index (χ4n) is 4.64. The zero-order valence-corrected chi connectivity index (χ0v) is 19.7. The predicted molar refractivity (Wildman–Crippen MR) is 127 cm³/mol. The van der Waals surface area contributed by atoms with Gasteiger partial charge in [-0.15, -0.1) is 0 Å². The fourth-order valence-corrected chi connectivity index (χ4v) is 4.64. The second-order valence-electron chi connectivity index (χ2n) is 9.52. The Kier molecular flexibility index (Phi) is 5.56. The number of carbonyl (C=O) groups excluding carboxylic acids is 2. The third-order valence-electron chi connectivity index (χ3n) is 6.17. The van der Waals surface area contributed by atoms with Crippen LogP contribution in [0.5, 0.6) is 5.88 Å². The molecule has 8 nitrogen and oxygen atoms in total. The van der Waals surface area contributed by atoms with E-state index in [0.717, 1.165) is 11.3 Å². The van der Waals surface area contributed by atoms with Crippen LogP contribution in [-0.4, -0.2) is 37.4 Å². The van der Waals surface area contributed by atoms with Crippen LogP contribution >= 0.6 is 0 Å². The van der Waals surface area contributed by atoms with Gasteiger partial charge in [-0.3, -0.25) is 4.79 Å². The van der Waals surface area contributed by atoms with E-state index in [1.807, 2.05) is 57.1 Å². The number of allylic oxidation sites excluding steroid dienone is 2. The SMILES string of the molecule is CCOC(=O)c1c(N)nc2c(c1N)C(c1ccc(N(C)C)cc1)C1=C(CC(C)(C)CC1=O)O2. The summed E-state index contributed by atoms with van der Waals surface area (Å²) in [5.74, 6) is -0.422. The molecule has 1 atom stereocenters. The average Bonchev–Trinajstić information content (AvgIpc) is 2.71. The van der Waals surface area contributed by atoms with Crippen molar-refractivity contribution in [2.45, 2.75) is 39.5 Å². The van der Waals surface area contributed by atoms with Crippen molar-refractivity contribution < 1.29 is 19.1 Å². The normalized spacial score (nSPS) is 18.8. The van der Waals surface area contributed by atoms with Gasteiger partial charge in [-0.05, 0) is 30.0 Å². The molecule has 4 rings (SSSR count). The van der Waals surface area contributed by atoms with Crippen LogP contribution in [0.25, 0.3) is 0 Å². The lowest BCUT2D eigenvalue weighted by Gasteiger charge is -2.38. The number of pyridine rings is 1. The average molecular weight is 451 g/mol. The summed E-state index contributed by atoms with van der Waals surface area (Å²) < 4.78 is 11.3. The molecule has 4 N–H and O–H groups in total. The summed E-state index contributed by atoms with van der Waals surface area (Å²) >= 11 is 0. The monoisotopic (exact) mass is 450 g/mol. The van der Waals surface area contributed by atoms with Gasteiger partial charge < -0.3 is 25.8 Å². The Labute approximate surface area is 193 Å². The van der Waals surface area contributed by atoms with E-state index in [2.05, 4.69) is 4.98 Å². The Morgan fingerprint density at radius 1 is 1.21 bits per heavy atom. The van der Waals surface area contributed by atoms with E-state index in [-0.39, 0.29) is 40.8 Å². The molecule has 1 aliphatic heterocycles. The zero-order chi connectivity index (χ0) is 24.1. The molecule has 0 bridgehead atoms. The third-order valence-corrected chi connectivity index (χ3v) is 6.17. The van der Waals surface area contributed by atoms with Gasteiger partial charge in [0.15, 0.2) is 5.78 Å². The van der Waals surface area contributed by atoms with Crippen LogP contribution in [0, 0.1) is 5.41 Å². The molecule has 1 unspecified atom stereocenters. The van der Waals surface area contributed by atoms with Crippen LogP contribution in [0.1, 0.15) is 61.0 Å². The summed E-state index contributed by atoms with van der Waals surface area (Å²) in [5, 5.41) is 0. The largest absolute Gasteiger partial charge is 0.462 e. The van der Waals surface area contributed by atoms with E-state index >= 15 is 0 Å². The minimum atomic E-state index is -0.652. The first-order valence-electron chi connectivity index (χ1n) is 11.0. The highest BCUT2D eigenvalue weighted by molar-refractivity contribution is 6.04. The number of nitrogens with two attached hydrogens (primary N) is 2. The standard InChI is InChI=1S/C25H30N4O4/c1-6-32-24(31)20-21(26)19-17(13-7-9-14(10-8-13)29(4)5)18-15(30)11-25(2,3)12-16(18)33-23(19)28-22(20)27/h7-10,17H,6,11-12H2,1-5H3,(H4,26,27,28). The summed E-state index contributed by atoms with van der Waals surface area (Å²) in [6.45, 7) is 5.94. The molecule has 33 heavy (non-hydrogen) atoms. The van der Waals surface area contributed by atoms with Gasteiger partial charge in [-0.25, -0.2) is 4.79 Å². The number of benzene rings is 1. The number of ketones is 1. The molecule has 1 aliphatic carbocycles. The molecule has 8 heteroatoms. The molecular weight excluding hydrogens is 420 g/mol. The van der Waals surface area contributed by atoms with E-state index in [9.17, 15) is 9.59 Å². The van der Waals surface area contributed by atoms with Crippen molar-refractivity contribution in [2.75, 3.05) is 37.1 Å². The smallest absolute Gasteiger partial charge is 0.344 e. The molecule has 0 radical (unpaired) electrons. The summed E-state index contributed by atoms with van der Waals surface area (Å²) in [4.78, 5) is 32.4. The van der Waals surface area contributed by atoms with E-state index in [0.29, 0.717) is 29.7 Å². The second kappa shape index (κ2) is 8.10. The molecule has 0 amide bonds. The van der Waals surface area contributed by atoms with Gasteiger partial charge in [0, 0.05) is 44.1 Å². The fraction of sp³-hybridized carbons (Fsp3) is 0.400. The van der Waals surface area contributed by atoms with Gasteiger partial charge in [0.1, 0.15) is 17.1 Å². The van der Waals surface area contributed by atoms with Crippen LogP contribution < -0.4 is 21.1 Å². The van der Waals surface area contributed by atoms with Crippen molar-refractivity contribution in [1.29, 1.82) is 0 Å². The van der Waals surface area contributed by atoms with Gasteiger partial charge in [0.05, 0.1) is 17.9 Å². The first kappa shape index (κ1) is 22.6. The number of anilines is 3. The minimum absolute atomic E-state index is 0.00162. The lowest BCUT2D eigenvalue weighted by Crippen LogP contribution is -2.34. The molecule has 174 valence electrons. The highest BCUT2D eigenvalue weighted by atomic mass is 16.5. The molecule has 0 saturated carbocycles. The maximum atomic E-state index is 13.4. The van der Waals surface area contributed by atoms with Gasteiger partial charge in [0.2, 0.25) is 5.88 Å². The zero-order valence-electron chi connectivity index (χ0n) is 19.7. The number of fused-ring (bicyclic) bond motifs is 1. The molecule has 0 fully saturated rings. The highest BCUT2D eigenvalue weighted by Gasteiger charge is 2.44. The topological polar surface area (TPSA) is 121 Å². The number of hydrogen-bond acceptors (Lipinski definition) is 8. The Hall–Kier alpha value is -3.55. The maximum absolute atomic E-state index is 13.4. The third kappa shape index (κ3) is 3.90. The number of nitrogen functional groups attached to an aromatic ring is 2. The molecule has 2 aromatic rings. The van der Waals surface area contributed by atoms with Crippen LogP contribution in [0.15, 0.2) is 35.6 Å². The summed E-state index contributed by atoms with van der Waals surface area (Å²) in [7, 11) is 3.92. The molecule has 1 aromatic carbocycles. The lowest BCUT2D eigenvalue weighted by molar-refractivity contribution is -0.118. The number of rotatable bonds is 4. The summed E-state index contributed by atoms with van der Waals surface area (Å²) in [5.41, 5.74) is 15.4. The van der Waals surface area contributed by atoms with Crippen LogP contribution in [-0.2, 0) is 9.53 Å². The van der Waals surface area contributed by atoms with Crippen molar-refractivity contribution in [3.8, 4) is 5.88 Å². The Morgan fingerprint density at radius 2 is 1.88 bits per heavy atom. The summed E-state index contributed by atoms with van der Waals surface area (Å²) in [6.07, 6.45) is 0.977. The molecule has 1 aromatic heterocycles. The first-order chi connectivity index (χ1) is 15.5. The predicted octanol–water partition coefficient (Wildman–Crippen LogP) is 3.66. The molecule has 2 aliphatic rings. The minimum Gasteiger partial charge on any atom is -0.462 e. The Morgan fingerprint density at radius 3 is 2.48 bits per heavy atom. The number of nitrogens with zero attached hydrogens (tertiary/aromatic N) is 2. The van der Waals surface area contributed by atoms with Crippen molar-refractivity contribution in [1.82, 2.24) is 4.98 Å². The van der Waals surface area contributed by atoms with E-state index < -0.39 is 11.9 Å². The van der Waals surface area contributed by atoms with E-state index in [4.69, 9.17) is 20.9 Å². The molecule has 0 spiro atoms. The van der Waals surface area contributed by atoms with Gasteiger partial charge in [-0.2, -0.15) is 4.98 Å². The van der Waals surface area contributed by atoms with Crippen molar-refractivity contribution in [3.63, 3.8) is 0 Å². The van der Waals surface area contributed by atoms with Crippen LogP contribution in [0.2, 0.25) is 0 Å². The molecule has 0 saturated heterocycles. The van der Waals surface area contributed by atoms with E-state index in [1.165, 1.54) is 0 Å². The number of hydrogen-bond donors (Lipinski definition) is 2. The number of carbonyl (C=O) groups is 2. The highest BCUT2D eigenvalue weighted by Crippen LogP contribution is 2.52. The molecular formula is C25H30N4O4. The van der Waals surface area contributed by atoms with Crippen LogP contribution in [0.3, 0.4) is 0 Å². The Bertz CT molecular complexity index is 1170. The molecule has 2 heterocycles. The number of aromatic nitrogens is 1. The Balaban J connectivity index is 1.96. The number of esters is 1. The maximum Gasteiger partial charge on any atom is 0.344 e. The first-order valence-corrected chi connectivity index (χ1v) is 11.0. The van der Waals surface area contributed by atoms with Crippen LogP contribution in [0.4, 0.5) is 17.2 Å². The van der Waals surface area contributed by atoms with Gasteiger partial charge in [0.25, 0.3) is 0 Å². The number of ether oxygens (including phenoxy) is 2. The van der Waals surface area contributed by atoms with Crippen molar-refractivity contribution in [3.05, 3.63) is 52.3 Å². The summed E-state index contributed by atoms with van der Waals surface area (Å²) in [6, 6.07) is 7.89. The second-order valence-corrected chi connectivity index (χ2v) is 9.52. The van der Waals surface area contributed by atoms with Gasteiger partial charge in [-0.1, -0.05) is 26.0 Å². The van der Waals surface area contributed by atoms with E-state index in [1.54, 1.807) is 6.92 Å². The van der Waals surface area contributed by atoms with Crippen molar-refractivity contribution >= 4 is 28.9 Å². The lowest BCUT2D eigenvalue weighted by atomic mass is 9.70. The van der Waals surface area contributed by atoms with Crippen molar-refractivity contribution in [2.24, 2.45) is 5.41 Å².